The zero-order valence-corrected chi connectivity index (χ0v) is 27.4. The Morgan fingerprint density at radius 3 is 1.32 bits per heavy atom. The Labute approximate surface area is 246 Å². The van der Waals surface area contributed by atoms with Crippen LogP contribution in [0.5, 0.6) is 0 Å². The fourth-order valence-corrected chi connectivity index (χ4v) is 6.36. The minimum Gasteiger partial charge on any atom is -0.456 e. The molecule has 0 saturated heterocycles. The molecular formula is C35H48O6. The standard InChI is InChI=1S/C35H48O6/c1-19-15-17-27(23(5)21(19)3)29(36)31(38)40-26(8)25(7)35(33(9,10)11,34(12,13)14)41-32(39)30(37)28-18-16-20(2)22(4)24(28)6/h15-18,25-26H,1-14H3. The fourth-order valence-electron chi connectivity index (χ4n) is 6.36. The van der Waals surface area contributed by atoms with Gasteiger partial charge in [0, 0.05) is 27.9 Å². The van der Waals surface area contributed by atoms with Gasteiger partial charge in [-0.15, -0.1) is 0 Å². The SMILES string of the molecule is Cc1ccc(C(=O)C(=O)OC(C)C(C)C(OC(=O)C(=O)c2ccc(C)c(C)c2C)(C(C)(C)C)C(C)(C)C)c(C)c1C. The summed E-state index contributed by atoms with van der Waals surface area (Å²) in [6.45, 7) is 26.5. The van der Waals surface area contributed by atoms with E-state index >= 15 is 0 Å². The Balaban J connectivity index is 2.49. The number of ketones is 2. The number of benzene rings is 2. The second-order valence-electron chi connectivity index (χ2n) is 13.5. The highest BCUT2D eigenvalue weighted by Gasteiger charge is 2.59. The molecule has 0 saturated carbocycles. The van der Waals surface area contributed by atoms with Crippen molar-refractivity contribution < 1.29 is 28.7 Å². The number of Topliss-reactive ketones (excluding diaryl/α,β-unsaturated/α-hetero) is 2. The summed E-state index contributed by atoms with van der Waals surface area (Å²) in [5, 5.41) is 0. The Morgan fingerprint density at radius 2 is 0.951 bits per heavy atom. The van der Waals surface area contributed by atoms with Crippen LogP contribution in [0.2, 0.25) is 0 Å². The fraction of sp³-hybridized carbons (Fsp3) is 0.543. The number of rotatable bonds is 8. The lowest BCUT2D eigenvalue weighted by Crippen LogP contribution is -2.63. The number of aryl methyl sites for hydroxylation is 2. The average Bonchev–Trinajstić information content (AvgIpc) is 2.86. The van der Waals surface area contributed by atoms with Crippen molar-refractivity contribution in [3.8, 4) is 0 Å². The largest absolute Gasteiger partial charge is 0.456 e. The first-order valence-corrected chi connectivity index (χ1v) is 14.3. The maximum Gasteiger partial charge on any atom is 0.380 e. The molecule has 0 bridgehead atoms. The van der Waals surface area contributed by atoms with Gasteiger partial charge >= 0.3 is 11.9 Å². The van der Waals surface area contributed by atoms with E-state index in [1.165, 1.54) is 0 Å². The number of carbonyl (C=O) groups is 4. The van der Waals surface area contributed by atoms with Crippen LogP contribution in [0.4, 0.5) is 0 Å². The third-order valence-electron chi connectivity index (χ3n) is 9.10. The summed E-state index contributed by atoms with van der Waals surface area (Å²) in [6.07, 6.45) is -0.817. The van der Waals surface area contributed by atoms with Crippen molar-refractivity contribution in [3.05, 3.63) is 68.8 Å². The molecule has 0 spiro atoms. The first-order valence-electron chi connectivity index (χ1n) is 14.3. The van der Waals surface area contributed by atoms with Gasteiger partial charge in [-0.1, -0.05) is 72.7 Å². The van der Waals surface area contributed by atoms with Crippen molar-refractivity contribution in [2.24, 2.45) is 16.7 Å². The van der Waals surface area contributed by atoms with Gasteiger partial charge in [-0.2, -0.15) is 0 Å². The summed E-state index contributed by atoms with van der Waals surface area (Å²) in [6, 6.07) is 6.94. The van der Waals surface area contributed by atoms with Crippen molar-refractivity contribution in [2.75, 3.05) is 0 Å². The number of hydrogen-bond donors (Lipinski definition) is 0. The molecule has 6 heteroatoms. The molecule has 2 rings (SSSR count). The van der Waals surface area contributed by atoms with Gasteiger partial charge in [0.25, 0.3) is 11.6 Å². The van der Waals surface area contributed by atoms with Crippen LogP contribution in [0.3, 0.4) is 0 Å². The second-order valence-corrected chi connectivity index (χ2v) is 13.5. The van der Waals surface area contributed by atoms with Crippen molar-refractivity contribution >= 4 is 23.5 Å². The number of ether oxygens (including phenoxy) is 2. The topological polar surface area (TPSA) is 86.7 Å². The third-order valence-corrected chi connectivity index (χ3v) is 9.10. The van der Waals surface area contributed by atoms with Crippen LogP contribution in [-0.4, -0.2) is 35.2 Å². The van der Waals surface area contributed by atoms with E-state index in [4.69, 9.17) is 9.47 Å². The van der Waals surface area contributed by atoms with Crippen LogP contribution in [0.15, 0.2) is 24.3 Å². The molecule has 2 aromatic rings. The van der Waals surface area contributed by atoms with Crippen molar-refractivity contribution in [1.82, 2.24) is 0 Å². The van der Waals surface area contributed by atoms with Gasteiger partial charge in [0.15, 0.2) is 0 Å². The van der Waals surface area contributed by atoms with Crippen LogP contribution < -0.4 is 0 Å². The normalized spacial score (nSPS) is 13.8. The van der Waals surface area contributed by atoms with E-state index in [-0.39, 0.29) is 0 Å². The molecular weight excluding hydrogens is 516 g/mol. The lowest BCUT2D eigenvalue weighted by Gasteiger charge is -2.56. The molecule has 2 unspecified atom stereocenters. The van der Waals surface area contributed by atoms with E-state index in [1.807, 2.05) is 102 Å². The molecule has 0 amide bonds. The molecule has 0 N–H and O–H groups in total. The molecule has 224 valence electrons. The van der Waals surface area contributed by atoms with Gasteiger partial charge in [0.1, 0.15) is 11.7 Å². The minimum atomic E-state index is -1.26. The van der Waals surface area contributed by atoms with Crippen molar-refractivity contribution in [1.29, 1.82) is 0 Å². The first kappa shape index (κ1) is 33.9. The predicted octanol–water partition coefficient (Wildman–Crippen LogP) is 7.54. The smallest absolute Gasteiger partial charge is 0.380 e. The maximum absolute atomic E-state index is 13.6. The highest BCUT2D eigenvalue weighted by Crippen LogP contribution is 2.53. The zero-order chi connectivity index (χ0) is 31.8. The Hall–Kier alpha value is -3.28. The molecule has 0 aliphatic heterocycles. The molecule has 0 aliphatic rings. The van der Waals surface area contributed by atoms with E-state index in [2.05, 4.69) is 0 Å². The van der Waals surface area contributed by atoms with Crippen LogP contribution in [0, 0.1) is 58.3 Å². The summed E-state index contributed by atoms with van der Waals surface area (Å²) < 4.78 is 12.1. The lowest BCUT2D eigenvalue weighted by molar-refractivity contribution is -0.223. The molecule has 0 aromatic heterocycles. The third kappa shape index (κ3) is 6.32. The summed E-state index contributed by atoms with van der Waals surface area (Å²) in [5.41, 5.74) is 3.39. The van der Waals surface area contributed by atoms with Crippen LogP contribution in [0.1, 0.15) is 109 Å². The minimum absolute atomic E-state index is 0.302. The van der Waals surface area contributed by atoms with Gasteiger partial charge < -0.3 is 9.47 Å². The molecule has 2 aromatic carbocycles. The van der Waals surface area contributed by atoms with E-state index in [9.17, 15) is 19.2 Å². The average molecular weight is 565 g/mol. The Bertz CT molecular complexity index is 1350. The van der Waals surface area contributed by atoms with E-state index < -0.39 is 52.0 Å². The predicted molar refractivity (Wildman–Crippen MR) is 162 cm³/mol. The summed E-state index contributed by atoms with van der Waals surface area (Å²) in [7, 11) is 0. The molecule has 0 heterocycles. The van der Waals surface area contributed by atoms with Crippen molar-refractivity contribution in [3.63, 3.8) is 0 Å². The first-order chi connectivity index (χ1) is 18.6. The van der Waals surface area contributed by atoms with E-state index in [1.54, 1.807) is 19.1 Å². The highest BCUT2D eigenvalue weighted by molar-refractivity contribution is 6.41. The Kier molecular flexibility index (Phi) is 9.85. The maximum atomic E-state index is 13.6. The number of hydrogen-bond acceptors (Lipinski definition) is 6. The Morgan fingerprint density at radius 1 is 0.585 bits per heavy atom. The monoisotopic (exact) mass is 564 g/mol. The molecule has 2 atom stereocenters. The van der Waals surface area contributed by atoms with Gasteiger partial charge in [-0.3, -0.25) is 9.59 Å². The summed E-state index contributed by atoms with van der Waals surface area (Å²) in [5.74, 6) is -3.97. The second kappa shape index (κ2) is 11.9. The molecule has 0 fully saturated rings. The van der Waals surface area contributed by atoms with Crippen LogP contribution >= 0.6 is 0 Å². The summed E-state index contributed by atoms with van der Waals surface area (Å²) in [4.78, 5) is 53.3. The summed E-state index contributed by atoms with van der Waals surface area (Å²) >= 11 is 0. The molecule has 41 heavy (non-hydrogen) atoms. The zero-order valence-electron chi connectivity index (χ0n) is 27.4. The van der Waals surface area contributed by atoms with Crippen molar-refractivity contribution in [2.45, 2.75) is 109 Å². The van der Waals surface area contributed by atoms with Gasteiger partial charge in [0.2, 0.25) is 0 Å². The van der Waals surface area contributed by atoms with Crippen LogP contribution in [-0.2, 0) is 19.1 Å². The molecule has 0 radical (unpaired) electrons. The quantitative estimate of drug-likeness (QED) is 0.187. The van der Waals surface area contributed by atoms with E-state index in [0.717, 1.165) is 33.4 Å². The number of esters is 2. The van der Waals surface area contributed by atoms with E-state index in [0.29, 0.717) is 11.1 Å². The number of carbonyl (C=O) groups excluding carboxylic acids is 4. The highest BCUT2D eigenvalue weighted by atomic mass is 16.6. The molecule has 0 aliphatic carbocycles. The van der Waals surface area contributed by atoms with Gasteiger partial charge in [-0.05, 0) is 81.8 Å². The molecule has 6 nitrogen and oxygen atoms in total. The van der Waals surface area contributed by atoms with Gasteiger partial charge in [0.05, 0.1) is 0 Å². The van der Waals surface area contributed by atoms with Gasteiger partial charge in [-0.25, -0.2) is 9.59 Å². The lowest BCUT2D eigenvalue weighted by atomic mass is 9.56. The van der Waals surface area contributed by atoms with Crippen LogP contribution in [0.25, 0.3) is 0 Å².